The molecule has 1 N–H and O–H groups in total. The second kappa shape index (κ2) is 8.77. The second-order valence-electron chi connectivity index (χ2n) is 6.04. The summed E-state index contributed by atoms with van der Waals surface area (Å²) in [5, 5.41) is 4.23. The Kier molecular flexibility index (Phi) is 6.19. The van der Waals surface area contributed by atoms with Crippen molar-refractivity contribution in [2.75, 3.05) is 16.8 Å². The number of amides is 1. The smallest absolute Gasteiger partial charge is 0.272 e. The number of carbonyl (C=O) groups excluding carboxylic acids is 1. The monoisotopic (exact) mass is 383 g/mol. The number of pyridine rings is 1. The molecule has 2 heterocycles. The van der Waals surface area contributed by atoms with Crippen LogP contribution in [0.5, 0.6) is 0 Å². The van der Waals surface area contributed by atoms with Crippen molar-refractivity contribution in [1.82, 2.24) is 4.98 Å². The molecule has 0 radical (unpaired) electrons. The standard InChI is InChI=1S/C21H22FN3OS/c1-3-5-6-13-25(16-9-7-15(22)8-10-16)21(26)19-14-17-18(23-4-2)11-12-24-20(17)27-19/h6-14H,3-5H2,1-2H3,(H,23,24)/b13-6-. The van der Waals surface area contributed by atoms with E-state index in [1.807, 2.05) is 25.1 Å². The Bertz CT molecular complexity index is 950. The third kappa shape index (κ3) is 4.34. The van der Waals surface area contributed by atoms with Gasteiger partial charge in [0.05, 0.1) is 4.88 Å². The van der Waals surface area contributed by atoms with Crippen molar-refractivity contribution >= 4 is 38.8 Å². The molecule has 1 aromatic carbocycles. The van der Waals surface area contributed by atoms with Crippen LogP contribution in [-0.4, -0.2) is 17.4 Å². The summed E-state index contributed by atoms with van der Waals surface area (Å²) >= 11 is 1.36. The van der Waals surface area contributed by atoms with Crippen molar-refractivity contribution in [1.29, 1.82) is 0 Å². The molecule has 0 aliphatic carbocycles. The van der Waals surface area contributed by atoms with Gasteiger partial charge in [-0.3, -0.25) is 9.69 Å². The highest BCUT2D eigenvalue weighted by Gasteiger charge is 2.19. The molecule has 0 spiro atoms. The van der Waals surface area contributed by atoms with Crippen LogP contribution in [0.1, 0.15) is 36.4 Å². The average molecular weight is 383 g/mol. The van der Waals surface area contributed by atoms with E-state index in [-0.39, 0.29) is 11.7 Å². The first kappa shape index (κ1) is 19.0. The Morgan fingerprint density at radius 2 is 2.04 bits per heavy atom. The summed E-state index contributed by atoms with van der Waals surface area (Å²) in [4.78, 5) is 20.6. The Labute approximate surface area is 162 Å². The van der Waals surface area contributed by atoms with E-state index in [0.29, 0.717) is 10.6 Å². The van der Waals surface area contributed by atoms with Crippen LogP contribution >= 0.6 is 11.3 Å². The zero-order valence-electron chi connectivity index (χ0n) is 15.4. The summed E-state index contributed by atoms with van der Waals surface area (Å²) in [5.74, 6) is -0.482. The fourth-order valence-corrected chi connectivity index (χ4v) is 3.69. The number of thiophene rings is 1. The largest absolute Gasteiger partial charge is 0.385 e. The maximum atomic E-state index is 13.3. The van der Waals surface area contributed by atoms with Gasteiger partial charge in [-0.1, -0.05) is 19.4 Å². The van der Waals surface area contributed by atoms with E-state index in [9.17, 15) is 9.18 Å². The van der Waals surface area contributed by atoms with E-state index in [1.54, 1.807) is 29.4 Å². The van der Waals surface area contributed by atoms with Gasteiger partial charge in [0.25, 0.3) is 5.91 Å². The predicted molar refractivity (Wildman–Crippen MR) is 111 cm³/mol. The molecule has 1 amide bonds. The number of nitrogens with zero attached hydrogens (tertiary/aromatic N) is 2. The number of fused-ring (bicyclic) bond motifs is 1. The van der Waals surface area contributed by atoms with Crippen LogP contribution in [0.4, 0.5) is 15.8 Å². The highest BCUT2D eigenvalue weighted by Crippen LogP contribution is 2.31. The topological polar surface area (TPSA) is 45.2 Å². The highest BCUT2D eigenvalue weighted by molar-refractivity contribution is 7.20. The van der Waals surface area contributed by atoms with Crippen LogP contribution in [0.2, 0.25) is 0 Å². The Morgan fingerprint density at radius 3 is 2.74 bits per heavy atom. The van der Waals surface area contributed by atoms with Gasteiger partial charge >= 0.3 is 0 Å². The molecule has 0 fully saturated rings. The molecule has 3 aromatic rings. The molecule has 6 heteroatoms. The van der Waals surface area contributed by atoms with Gasteiger partial charge in [0.15, 0.2) is 0 Å². The van der Waals surface area contributed by atoms with Crippen LogP contribution in [0.15, 0.2) is 54.9 Å². The molecule has 0 saturated heterocycles. The quantitative estimate of drug-likeness (QED) is 0.558. The summed E-state index contributed by atoms with van der Waals surface area (Å²) < 4.78 is 13.3. The van der Waals surface area contributed by atoms with Gasteiger partial charge in [0, 0.05) is 35.7 Å². The van der Waals surface area contributed by atoms with Crippen LogP contribution in [0.25, 0.3) is 10.2 Å². The number of hydrogen-bond acceptors (Lipinski definition) is 4. The third-order valence-electron chi connectivity index (χ3n) is 4.05. The molecular weight excluding hydrogens is 361 g/mol. The second-order valence-corrected chi connectivity index (χ2v) is 7.07. The van der Waals surface area contributed by atoms with E-state index < -0.39 is 0 Å². The minimum atomic E-state index is -0.329. The van der Waals surface area contributed by atoms with Crippen molar-refractivity contribution in [2.24, 2.45) is 0 Å². The number of carbonyl (C=O) groups is 1. The maximum Gasteiger partial charge on any atom is 0.272 e. The molecule has 4 nitrogen and oxygen atoms in total. The van der Waals surface area contributed by atoms with Gasteiger partial charge < -0.3 is 5.32 Å². The van der Waals surface area contributed by atoms with E-state index in [1.165, 1.54) is 23.5 Å². The number of allylic oxidation sites excluding steroid dienone is 1. The summed E-state index contributed by atoms with van der Waals surface area (Å²) in [5.41, 5.74) is 1.60. The molecular formula is C21H22FN3OS. The van der Waals surface area contributed by atoms with E-state index in [4.69, 9.17) is 0 Å². The van der Waals surface area contributed by atoms with Crippen molar-refractivity contribution in [3.05, 3.63) is 65.6 Å². The van der Waals surface area contributed by atoms with Crippen molar-refractivity contribution in [3.8, 4) is 0 Å². The third-order valence-corrected chi connectivity index (χ3v) is 5.08. The number of anilines is 2. The Balaban J connectivity index is 1.99. The number of halogens is 1. The minimum Gasteiger partial charge on any atom is -0.385 e. The summed E-state index contributed by atoms with van der Waals surface area (Å²) in [6, 6.07) is 9.72. The molecule has 0 atom stereocenters. The molecule has 0 aliphatic heterocycles. The number of unbranched alkanes of at least 4 members (excludes halogenated alkanes) is 1. The molecule has 0 aliphatic rings. The molecule has 2 aromatic heterocycles. The fourth-order valence-electron chi connectivity index (χ4n) is 2.73. The zero-order valence-corrected chi connectivity index (χ0v) is 16.2. The van der Waals surface area contributed by atoms with E-state index >= 15 is 0 Å². The van der Waals surface area contributed by atoms with Crippen molar-refractivity contribution in [2.45, 2.75) is 26.7 Å². The maximum absolute atomic E-state index is 13.3. The fraction of sp³-hybridized carbons (Fsp3) is 0.238. The lowest BCUT2D eigenvalue weighted by atomic mass is 10.2. The summed E-state index contributed by atoms with van der Waals surface area (Å²) in [6.07, 6.45) is 7.31. The van der Waals surface area contributed by atoms with Gasteiger partial charge in [0.2, 0.25) is 0 Å². The van der Waals surface area contributed by atoms with Crippen molar-refractivity contribution < 1.29 is 9.18 Å². The number of hydrogen-bond donors (Lipinski definition) is 1. The molecule has 140 valence electrons. The SMILES string of the molecule is CCC/C=C\N(C(=O)c1cc2c(NCC)ccnc2s1)c1ccc(F)cc1. The average Bonchev–Trinajstić information content (AvgIpc) is 3.11. The van der Waals surface area contributed by atoms with Gasteiger partial charge in [-0.2, -0.15) is 0 Å². The first-order valence-corrected chi connectivity index (χ1v) is 9.84. The number of rotatable bonds is 7. The van der Waals surface area contributed by atoms with Crippen LogP contribution in [0, 0.1) is 5.82 Å². The summed E-state index contributed by atoms with van der Waals surface area (Å²) in [7, 11) is 0. The van der Waals surface area contributed by atoms with Gasteiger partial charge in [0.1, 0.15) is 10.6 Å². The predicted octanol–water partition coefficient (Wildman–Crippen LogP) is 5.83. The molecule has 0 bridgehead atoms. The molecule has 27 heavy (non-hydrogen) atoms. The first-order chi connectivity index (χ1) is 13.1. The van der Waals surface area contributed by atoms with Crippen LogP contribution < -0.4 is 10.2 Å². The number of nitrogens with one attached hydrogen (secondary N) is 1. The highest BCUT2D eigenvalue weighted by atomic mass is 32.1. The number of aromatic nitrogens is 1. The normalized spacial score (nSPS) is 11.2. The van der Waals surface area contributed by atoms with Crippen LogP contribution in [0.3, 0.4) is 0 Å². The van der Waals surface area contributed by atoms with Gasteiger partial charge in [-0.25, -0.2) is 9.37 Å². The summed E-state index contributed by atoms with van der Waals surface area (Å²) in [6.45, 7) is 4.90. The molecule has 3 rings (SSSR count). The number of benzene rings is 1. The Hall–Kier alpha value is -2.73. The lowest BCUT2D eigenvalue weighted by Crippen LogP contribution is -2.24. The Morgan fingerprint density at radius 1 is 1.26 bits per heavy atom. The first-order valence-electron chi connectivity index (χ1n) is 9.02. The van der Waals surface area contributed by atoms with E-state index in [0.717, 1.165) is 35.3 Å². The van der Waals surface area contributed by atoms with Gasteiger partial charge in [-0.05, 0) is 49.7 Å². The van der Waals surface area contributed by atoms with Crippen LogP contribution in [-0.2, 0) is 0 Å². The van der Waals surface area contributed by atoms with E-state index in [2.05, 4.69) is 17.2 Å². The zero-order chi connectivity index (χ0) is 19.2. The lowest BCUT2D eigenvalue weighted by molar-refractivity contribution is 0.100. The molecule has 0 saturated carbocycles. The molecule has 0 unspecified atom stereocenters. The van der Waals surface area contributed by atoms with Gasteiger partial charge in [-0.15, -0.1) is 11.3 Å². The lowest BCUT2D eigenvalue weighted by Gasteiger charge is -2.18. The van der Waals surface area contributed by atoms with Crippen molar-refractivity contribution in [3.63, 3.8) is 0 Å². The minimum absolute atomic E-state index is 0.153.